The summed E-state index contributed by atoms with van der Waals surface area (Å²) in [5.41, 5.74) is 2.03. The van der Waals surface area contributed by atoms with Gasteiger partial charge < -0.3 is 10.1 Å². The van der Waals surface area contributed by atoms with Gasteiger partial charge in [-0.05, 0) is 51.5 Å². The van der Waals surface area contributed by atoms with E-state index < -0.39 is 5.25 Å². The van der Waals surface area contributed by atoms with Crippen molar-refractivity contribution in [2.75, 3.05) is 11.9 Å². The number of hydrogen-bond acceptors (Lipinski definition) is 8. The maximum absolute atomic E-state index is 13.0. The number of thioether (sulfide) groups is 1. The molecule has 3 heterocycles. The van der Waals surface area contributed by atoms with E-state index in [-0.39, 0.29) is 24.0 Å². The highest BCUT2D eigenvalue weighted by Crippen LogP contribution is 2.39. The molecule has 3 aromatic heterocycles. The number of aryl methyl sites for hydroxylation is 2. The van der Waals surface area contributed by atoms with Crippen LogP contribution in [0.5, 0.6) is 0 Å². The fraction of sp³-hybridized carbons (Fsp3) is 0.476. The molecule has 170 valence electrons. The molecule has 1 atom stereocenters. The van der Waals surface area contributed by atoms with Gasteiger partial charge in [0.1, 0.15) is 5.00 Å². The lowest BCUT2D eigenvalue weighted by Crippen LogP contribution is -2.24. The number of rotatable bonds is 7. The van der Waals surface area contributed by atoms with Crippen LogP contribution in [0.4, 0.5) is 5.00 Å². The molecular weight excluding hydrogens is 450 g/mol. The monoisotopic (exact) mass is 475 g/mol. The number of anilines is 1. The number of ether oxygens (including phenoxy) is 1. The van der Waals surface area contributed by atoms with E-state index in [0.717, 1.165) is 41.8 Å². The topological polar surface area (TPSA) is 118 Å². The number of nitrogens with zero attached hydrogens (tertiary/aromatic N) is 3. The first-order chi connectivity index (χ1) is 15.4. The SMILES string of the molecule is CCOC(=O)c1c(NC(=O)C(C)Sc2nnc3[nH]c(=O)cc(CC)n23)sc2c1CCCC2. The average Bonchev–Trinajstić information content (AvgIpc) is 3.33. The highest BCUT2D eigenvalue weighted by molar-refractivity contribution is 8.00. The van der Waals surface area contributed by atoms with Crippen LogP contribution in [0.15, 0.2) is 16.0 Å². The van der Waals surface area contributed by atoms with E-state index >= 15 is 0 Å². The van der Waals surface area contributed by atoms with Crippen LogP contribution in [0.25, 0.3) is 5.78 Å². The normalized spacial score (nSPS) is 14.2. The molecule has 0 aromatic carbocycles. The number of fused-ring (bicyclic) bond motifs is 2. The number of amides is 1. The molecule has 0 radical (unpaired) electrons. The first-order valence-electron chi connectivity index (χ1n) is 10.7. The highest BCUT2D eigenvalue weighted by Gasteiger charge is 2.28. The summed E-state index contributed by atoms with van der Waals surface area (Å²) in [6.07, 6.45) is 4.46. The zero-order valence-electron chi connectivity index (χ0n) is 18.2. The van der Waals surface area contributed by atoms with E-state index in [1.165, 1.54) is 29.2 Å². The van der Waals surface area contributed by atoms with E-state index in [9.17, 15) is 14.4 Å². The number of carbonyl (C=O) groups excluding carboxylic acids is 2. The van der Waals surface area contributed by atoms with Gasteiger partial charge in [0.2, 0.25) is 11.7 Å². The molecule has 11 heteroatoms. The Kier molecular flexibility index (Phi) is 6.66. The quantitative estimate of drug-likeness (QED) is 0.398. The Morgan fingerprint density at radius 2 is 2.09 bits per heavy atom. The van der Waals surface area contributed by atoms with Gasteiger partial charge >= 0.3 is 5.97 Å². The maximum atomic E-state index is 13.0. The molecule has 1 unspecified atom stereocenters. The van der Waals surface area contributed by atoms with Crippen LogP contribution in [-0.4, -0.2) is 43.3 Å². The van der Waals surface area contributed by atoms with E-state index in [1.54, 1.807) is 18.2 Å². The standard InChI is InChI=1S/C21H25N5O4S2/c1-4-12-10-15(27)22-20-24-25-21(26(12)20)31-11(3)17(28)23-18-16(19(29)30-5-2)13-8-6-7-9-14(13)32-18/h10-11H,4-9H2,1-3H3,(H,23,28)(H,22,24,27). The van der Waals surface area contributed by atoms with Gasteiger partial charge in [0, 0.05) is 16.6 Å². The van der Waals surface area contributed by atoms with E-state index in [1.807, 2.05) is 6.92 Å². The van der Waals surface area contributed by atoms with Crippen LogP contribution < -0.4 is 10.9 Å². The molecule has 0 aliphatic heterocycles. The lowest BCUT2D eigenvalue weighted by atomic mass is 9.95. The molecule has 0 bridgehead atoms. The second kappa shape index (κ2) is 9.45. The molecule has 32 heavy (non-hydrogen) atoms. The number of hydrogen-bond donors (Lipinski definition) is 2. The maximum Gasteiger partial charge on any atom is 0.341 e. The Bertz CT molecular complexity index is 1230. The third-order valence-corrected chi connectivity index (χ3v) is 7.60. The Hall–Kier alpha value is -2.66. The number of aromatic nitrogens is 4. The van der Waals surface area contributed by atoms with Crippen LogP contribution in [0, 0.1) is 0 Å². The number of esters is 1. The zero-order valence-corrected chi connectivity index (χ0v) is 19.8. The highest BCUT2D eigenvalue weighted by atomic mass is 32.2. The second-order valence-corrected chi connectivity index (χ2v) is 9.92. The van der Waals surface area contributed by atoms with Crippen LogP contribution in [0.2, 0.25) is 0 Å². The Balaban J connectivity index is 1.57. The van der Waals surface area contributed by atoms with Crippen LogP contribution >= 0.6 is 23.1 Å². The van der Waals surface area contributed by atoms with Crippen LogP contribution in [-0.2, 0) is 28.8 Å². The molecule has 9 nitrogen and oxygen atoms in total. The average molecular weight is 476 g/mol. The van der Waals surface area contributed by atoms with Gasteiger partial charge in [-0.25, -0.2) is 4.79 Å². The van der Waals surface area contributed by atoms with Crippen molar-refractivity contribution in [3.05, 3.63) is 38.1 Å². The Morgan fingerprint density at radius 1 is 1.31 bits per heavy atom. The first kappa shape index (κ1) is 22.5. The third-order valence-electron chi connectivity index (χ3n) is 5.35. The van der Waals surface area contributed by atoms with E-state index in [0.29, 0.717) is 27.9 Å². The molecule has 1 aliphatic carbocycles. The van der Waals surface area contributed by atoms with Crippen molar-refractivity contribution >= 4 is 45.8 Å². The minimum atomic E-state index is -0.506. The summed E-state index contributed by atoms with van der Waals surface area (Å²) in [6.45, 7) is 5.77. The van der Waals surface area contributed by atoms with Gasteiger partial charge in [0.25, 0.3) is 5.56 Å². The molecule has 1 amide bonds. The van der Waals surface area contributed by atoms with Gasteiger partial charge in [0.15, 0.2) is 5.16 Å². The first-order valence-corrected chi connectivity index (χ1v) is 12.4. The lowest BCUT2D eigenvalue weighted by Gasteiger charge is -2.13. The van der Waals surface area contributed by atoms with Crippen LogP contribution in [0.1, 0.15) is 60.1 Å². The van der Waals surface area contributed by atoms with Gasteiger partial charge in [-0.15, -0.1) is 21.5 Å². The van der Waals surface area contributed by atoms with Gasteiger partial charge in [0.05, 0.1) is 17.4 Å². The Morgan fingerprint density at radius 3 is 2.84 bits per heavy atom. The molecule has 1 aliphatic rings. The fourth-order valence-electron chi connectivity index (χ4n) is 3.81. The molecule has 0 saturated carbocycles. The van der Waals surface area contributed by atoms with Crippen molar-refractivity contribution in [3.63, 3.8) is 0 Å². The number of H-pyrrole nitrogens is 1. The number of aromatic amines is 1. The summed E-state index contributed by atoms with van der Waals surface area (Å²) in [5, 5.41) is 11.7. The predicted molar refractivity (Wildman–Crippen MR) is 124 cm³/mol. The van der Waals surface area contributed by atoms with E-state index in [2.05, 4.69) is 20.5 Å². The minimum Gasteiger partial charge on any atom is -0.462 e. The summed E-state index contributed by atoms with van der Waals surface area (Å²) in [5.74, 6) is -0.277. The smallest absolute Gasteiger partial charge is 0.341 e. The number of nitrogens with one attached hydrogen (secondary N) is 2. The number of carbonyl (C=O) groups is 2. The molecule has 4 rings (SSSR count). The van der Waals surface area contributed by atoms with E-state index in [4.69, 9.17) is 4.74 Å². The van der Waals surface area contributed by atoms with Crippen molar-refractivity contribution in [1.29, 1.82) is 0 Å². The largest absolute Gasteiger partial charge is 0.462 e. The number of thiophene rings is 1. The van der Waals surface area contributed by atoms with Crippen molar-refractivity contribution in [3.8, 4) is 0 Å². The summed E-state index contributed by atoms with van der Waals surface area (Å²) in [6, 6.07) is 1.51. The van der Waals surface area contributed by atoms with Crippen LogP contribution in [0.3, 0.4) is 0 Å². The van der Waals surface area contributed by atoms with Gasteiger partial charge in [-0.1, -0.05) is 18.7 Å². The van der Waals surface area contributed by atoms with Crippen molar-refractivity contribution in [1.82, 2.24) is 19.6 Å². The predicted octanol–water partition coefficient (Wildman–Crippen LogP) is 3.22. The summed E-state index contributed by atoms with van der Waals surface area (Å²) in [4.78, 5) is 41.2. The zero-order chi connectivity index (χ0) is 22.8. The molecule has 0 saturated heterocycles. The fourth-order valence-corrected chi connectivity index (χ4v) is 5.97. The lowest BCUT2D eigenvalue weighted by molar-refractivity contribution is -0.115. The Labute approximate surface area is 193 Å². The molecular formula is C21H25N5O4S2. The van der Waals surface area contributed by atoms with Crippen molar-refractivity contribution in [2.45, 2.75) is 63.3 Å². The summed E-state index contributed by atoms with van der Waals surface area (Å²) in [7, 11) is 0. The van der Waals surface area contributed by atoms with Gasteiger partial charge in [-0.2, -0.15) is 0 Å². The molecule has 0 spiro atoms. The summed E-state index contributed by atoms with van der Waals surface area (Å²) >= 11 is 2.71. The molecule has 0 fully saturated rings. The van der Waals surface area contributed by atoms with Crippen molar-refractivity contribution in [2.24, 2.45) is 0 Å². The third kappa shape index (κ3) is 4.31. The van der Waals surface area contributed by atoms with Crippen molar-refractivity contribution < 1.29 is 14.3 Å². The molecule has 2 N–H and O–H groups in total. The van der Waals surface area contributed by atoms with Gasteiger partial charge in [-0.3, -0.25) is 19.0 Å². The minimum absolute atomic E-state index is 0.238. The molecule has 3 aromatic rings. The summed E-state index contributed by atoms with van der Waals surface area (Å²) < 4.78 is 7.02. The second-order valence-electron chi connectivity index (χ2n) is 7.50.